The van der Waals surface area contributed by atoms with E-state index in [1.807, 2.05) is 13.1 Å². The minimum absolute atomic E-state index is 0.404. The molecule has 2 unspecified atom stereocenters. The van der Waals surface area contributed by atoms with Crippen LogP contribution in [0.15, 0.2) is 23.2 Å². The van der Waals surface area contributed by atoms with Gasteiger partial charge in [-0.05, 0) is 43.4 Å². The lowest BCUT2D eigenvalue weighted by atomic mass is 10.2. The van der Waals surface area contributed by atoms with E-state index in [1.54, 1.807) is 14.2 Å². The minimum atomic E-state index is 0.404. The molecule has 2 fully saturated rings. The Balaban J connectivity index is 1.44. The number of likely N-dealkylation sites (tertiary alicyclic amines) is 1. The van der Waals surface area contributed by atoms with Crippen molar-refractivity contribution in [1.29, 1.82) is 0 Å². The van der Waals surface area contributed by atoms with Crippen molar-refractivity contribution in [1.82, 2.24) is 15.5 Å². The van der Waals surface area contributed by atoms with Crippen LogP contribution >= 0.6 is 0 Å². The quantitative estimate of drug-likeness (QED) is 0.523. The average Bonchev–Trinajstić information content (AvgIpc) is 3.39. The van der Waals surface area contributed by atoms with E-state index < -0.39 is 0 Å². The molecule has 0 aromatic heterocycles. The largest absolute Gasteiger partial charge is 0.497 e. The molecule has 0 radical (unpaired) electrons. The molecule has 2 saturated heterocycles. The minimum Gasteiger partial charge on any atom is -0.497 e. The van der Waals surface area contributed by atoms with Crippen LogP contribution in [0.4, 0.5) is 0 Å². The van der Waals surface area contributed by atoms with Crippen molar-refractivity contribution in [3.8, 4) is 11.5 Å². The van der Waals surface area contributed by atoms with Crippen molar-refractivity contribution in [2.45, 2.75) is 44.4 Å². The van der Waals surface area contributed by atoms with Crippen molar-refractivity contribution in [2.24, 2.45) is 4.99 Å². The van der Waals surface area contributed by atoms with Crippen molar-refractivity contribution in [3.05, 3.63) is 23.8 Å². The van der Waals surface area contributed by atoms with E-state index >= 15 is 0 Å². The fourth-order valence-electron chi connectivity index (χ4n) is 3.92. The van der Waals surface area contributed by atoms with Crippen LogP contribution in [0, 0.1) is 0 Å². The van der Waals surface area contributed by atoms with Crippen molar-refractivity contribution < 1.29 is 14.2 Å². The Morgan fingerprint density at radius 1 is 1.21 bits per heavy atom. The smallest absolute Gasteiger partial charge is 0.191 e. The van der Waals surface area contributed by atoms with Crippen molar-refractivity contribution in [2.75, 3.05) is 47.5 Å². The Bertz CT molecular complexity index is 624. The van der Waals surface area contributed by atoms with Gasteiger partial charge >= 0.3 is 0 Å². The second-order valence-electron chi connectivity index (χ2n) is 7.51. The molecule has 0 bridgehead atoms. The molecule has 0 aliphatic carbocycles. The van der Waals surface area contributed by atoms with Gasteiger partial charge in [0.1, 0.15) is 11.5 Å². The van der Waals surface area contributed by atoms with Gasteiger partial charge in [-0.25, -0.2) is 0 Å². The molecule has 2 atom stereocenters. The number of hydrogen-bond donors (Lipinski definition) is 2. The van der Waals surface area contributed by atoms with Gasteiger partial charge in [-0.1, -0.05) is 0 Å². The first kappa shape index (κ1) is 20.7. The summed E-state index contributed by atoms with van der Waals surface area (Å²) < 4.78 is 16.4. The Morgan fingerprint density at radius 2 is 2.00 bits per heavy atom. The first-order valence-corrected chi connectivity index (χ1v) is 10.2. The molecule has 7 nitrogen and oxygen atoms in total. The number of nitrogens with one attached hydrogen (secondary N) is 2. The molecule has 156 valence electrons. The Hall–Kier alpha value is -1.99. The van der Waals surface area contributed by atoms with Crippen LogP contribution in [-0.4, -0.2) is 70.5 Å². The van der Waals surface area contributed by atoms with Gasteiger partial charge in [0, 0.05) is 51.9 Å². The summed E-state index contributed by atoms with van der Waals surface area (Å²) >= 11 is 0. The van der Waals surface area contributed by atoms with E-state index in [0.717, 1.165) is 63.1 Å². The van der Waals surface area contributed by atoms with E-state index in [-0.39, 0.29) is 0 Å². The number of aliphatic imine (C=N–C) groups is 1. The lowest BCUT2D eigenvalue weighted by molar-refractivity contribution is 0.105. The fourth-order valence-corrected chi connectivity index (χ4v) is 3.92. The maximum absolute atomic E-state index is 5.68. The van der Waals surface area contributed by atoms with Crippen LogP contribution in [0.5, 0.6) is 11.5 Å². The SMILES string of the molecule is CN=C(NCCC1CCCO1)NC1CCN(Cc2cc(OC)cc(OC)c2)C1. The Morgan fingerprint density at radius 3 is 2.64 bits per heavy atom. The van der Waals surface area contributed by atoms with Gasteiger partial charge in [0.15, 0.2) is 5.96 Å². The number of guanidine groups is 1. The third-order valence-electron chi connectivity index (χ3n) is 5.44. The molecule has 2 aliphatic heterocycles. The van der Waals surface area contributed by atoms with Gasteiger partial charge in [-0.3, -0.25) is 9.89 Å². The molecule has 2 heterocycles. The number of nitrogens with zero attached hydrogens (tertiary/aromatic N) is 2. The number of hydrogen-bond acceptors (Lipinski definition) is 5. The van der Waals surface area contributed by atoms with E-state index in [4.69, 9.17) is 14.2 Å². The maximum Gasteiger partial charge on any atom is 0.191 e. The highest BCUT2D eigenvalue weighted by atomic mass is 16.5. The summed E-state index contributed by atoms with van der Waals surface area (Å²) in [5.74, 6) is 2.55. The summed E-state index contributed by atoms with van der Waals surface area (Å²) in [5, 5.41) is 6.98. The lowest BCUT2D eigenvalue weighted by Crippen LogP contribution is -2.45. The van der Waals surface area contributed by atoms with E-state index in [0.29, 0.717) is 12.1 Å². The number of methoxy groups -OCH3 is 2. The Labute approximate surface area is 168 Å². The summed E-state index contributed by atoms with van der Waals surface area (Å²) in [4.78, 5) is 6.82. The van der Waals surface area contributed by atoms with Gasteiger partial charge in [-0.2, -0.15) is 0 Å². The molecule has 3 rings (SSSR count). The summed E-state index contributed by atoms with van der Waals surface area (Å²) in [7, 11) is 5.20. The van der Waals surface area contributed by atoms with Crippen molar-refractivity contribution in [3.63, 3.8) is 0 Å². The Kier molecular flexibility index (Phi) is 7.80. The highest BCUT2D eigenvalue weighted by Crippen LogP contribution is 2.24. The van der Waals surface area contributed by atoms with E-state index in [1.165, 1.54) is 18.4 Å². The van der Waals surface area contributed by atoms with E-state index in [9.17, 15) is 0 Å². The zero-order valence-electron chi connectivity index (χ0n) is 17.4. The summed E-state index contributed by atoms with van der Waals surface area (Å²) in [6, 6.07) is 6.47. The molecular weight excluding hydrogens is 356 g/mol. The van der Waals surface area contributed by atoms with Gasteiger partial charge in [0.05, 0.1) is 20.3 Å². The predicted molar refractivity (Wildman–Crippen MR) is 111 cm³/mol. The molecule has 2 aliphatic rings. The number of rotatable bonds is 8. The van der Waals surface area contributed by atoms with Crippen LogP contribution in [0.2, 0.25) is 0 Å². The molecule has 2 N–H and O–H groups in total. The number of ether oxygens (including phenoxy) is 3. The monoisotopic (exact) mass is 390 g/mol. The lowest BCUT2D eigenvalue weighted by Gasteiger charge is -2.20. The molecule has 7 heteroatoms. The molecular formula is C21H34N4O3. The van der Waals surface area contributed by atoms with Gasteiger partial charge in [-0.15, -0.1) is 0 Å². The standard InChI is InChI=1S/C21H34N4O3/c1-22-21(23-8-6-18-5-4-10-28-18)24-17-7-9-25(15-17)14-16-11-19(26-2)13-20(12-16)27-3/h11-13,17-18H,4-10,14-15H2,1-3H3,(H2,22,23,24). The van der Waals surface area contributed by atoms with E-state index in [2.05, 4.69) is 32.7 Å². The maximum atomic E-state index is 5.68. The van der Waals surface area contributed by atoms with Crippen molar-refractivity contribution >= 4 is 5.96 Å². The van der Waals surface area contributed by atoms with Gasteiger partial charge < -0.3 is 24.8 Å². The average molecular weight is 391 g/mol. The molecule has 28 heavy (non-hydrogen) atoms. The predicted octanol–water partition coefficient (Wildman–Crippen LogP) is 2.01. The summed E-state index contributed by atoms with van der Waals surface area (Å²) in [5.41, 5.74) is 1.20. The molecule has 0 spiro atoms. The summed E-state index contributed by atoms with van der Waals surface area (Å²) in [6.45, 7) is 4.74. The molecule has 1 aromatic carbocycles. The highest BCUT2D eigenvalue weighted by molar-refractivity contribution is 5.80. The molecule has 0 amide bonds. The van der Waals surface area contributed by atoms with Crippen LogP contribution in [0.3, 0.4) is 0 Å². The van der Waals surface area contributed by atoms with Crippen LogP contribution in [0.1, 0.15) is 31.2 Å². The topological polar surface area (TPSA) is 67.4 Å². The zero-order chi connectivity index (χ0) is 19.8. The van der Waals surface area contributed by atoms with Crippen LogP contribution in [-0.2, 0) is 11.3 Å². The van der Waals surface area contributed by atoms with Crippen LogP contribution in [0.25, 0.3) is 0 Å². The van der Waals surface area contributed by atoms with Crippen LogP contribution < -0.4 is 20.1 Å². The first-order chi connectivity index (χ1) is 13.7. The first-order valence-electron chi connectivity index (χ1n) is 10.2. The fraction of sp³-hybridized carbons (Fsp3) is 0.667. The zero-order valence-corrected chi connectivity index (χ0v) is 17.4. The molecule has 1 aromatic rings. The normalized spacial score (nSPS) is 23.0. The van der Waals surface area contributed by atoms with Gasteiger partial charge in [0.2, 0.25) is 0 Å². The second-order valence-corrected chi connectivity index (χ2v) is 7.51. The molecule has 0 saturated carbocycles. The highest BCUT2D eigenvalue weighted by Gasteiger charge is 2.23. The number of benzene rings is 1. The third kappa shape index (κ3) is 6.01. The van der Waals surface area contributed by atoms with Gasteiger partial charge in [0.25, 0.3) is 0 Å². The third-order valence-corrected chi connectivity index (χ3v) is 5.44. The second kappa shape index (κ2) is 10.5. The summed E-state index contributed by atoms with van der Waals surface area (Å²) in [6.07, 6.45) is 4.92.